The molecule has 1 N–H and O–H groups in total. The molecule has 9 nitrogen and oxygen atoms in total. The standard InChI is InChI=1S/C23H28N2O7S/c26-23(8-2-18-1-7-21-22(17-18)32-16-15-31-21)24-9-12-30-19-3-5-20(6-4-19)33(27,28)25-10-13-29-14-11-25/h1,3-7,17H,2,8-16H2,(H,24,26). The van der Waals surface area contributed by atoms with Gasteiger partial charge in [-0.05, 0) is 48.4 Å². The summed E-state index contributed by atoms with van der Waals surface area (Å²) in [4.78, 5) is 12.3. The number of sulfonamides is 1. The predicted molar refractivity (Wildman–Crippen MR) is 120 cm³/mol. The molecule has 0 atom stereocenters. The molecule has 0 aliphatic carbocycles. The molecule has 33 heavy (non-hydrogen) atoms. The van der Waals surface area contributed by atoms with Crippen LogP contribution in [0.5, 0.6) is 17.2 Å². The first-order valence-electron chi connectivity index (χ1n) is 11.0. The zero-order valence-electron chi connectivity index (χ0n) is 18.3. The normalized spacial score (nSPS) is 16.2. The van der Waals surface area contributed by atoms with Crippen LogP contribution in [-0.4, -0.2) is 71.3 Å². The Kier molecular flexibility index (Phi) is 7.69. The van der Waals surface area contributed by atoms with Crippen LogP contribution in [0.4, 0.5) is 0 Å². The van der Waals surface area contributed by atoms with E-state index >= 15 is 0 Å². The summed E-state index contributed by atoms with van der Waals surface area (Å²) in [6, 6.07) is 12.0. The van der Waals surface area contributed by atoms with E-state index in [1.807, 2.05) is 18.2 Å². The molecular formula is C23H28N2O7S. The van der Waals surface area contributed by atoms with Crippen molar-refractivity contribution in [3.8, 4) is 17.2 Å². The largest absolute Gasteiger partial charge is 0.492 e. The molecule has 2 aromatic rings. The lowest BCUT2D eigenvalue weighted by molar-refractivity contribution is -0.121. The van der Waals surface area contributed by atoms with Gasteiger partial charge in [0.05, 0.1) is 24.7 Å². The van der Waals surface area contributed by atoms with E-state index < -0.39 is 10.0 Å². The van der Waals surface area contributed by atoms with Gasteiger partial charge >= 0.3 is 0 Å². The monoisotopic (exact) mass is 476 g/mol. The molecule has 10 heteroatoms. The highest BCUT2D eigenvalue weighted by Crippen LogP contribution is 2.31. The lowest BCUT2D eigenvalue weighted by atomic mass is 10.1. The first-order chi connectivity index (χ1) is 16.0. The van der Waals surface area contributed by atoms with Crippen molar-refractivity contribution in [2.75, 3.05) is 52.7 Å². The number of carbonyl (C=O) groups is 1. The van der Waals surface area contributed by atoms with Gasteiger partial charge in [-0.2, -0.15) is 4.31 Å². The fraction of sp³-hybridized carbons (Fsp3) is 0.435. The van der Waals surface area contributed by atoms with Gasteiger partial charge in [-0.25, -0.2) is 8.42 Å². The van der Waals surface area contributed by atoms with Crippen molar-refractivity contribution >= 4 is 15.9 Å². The minimum Gasteiger partial charge on any atom is -0.492 e. The Hall–Kier alpha value is -2.82. The summed E-state index contributed by atoms with van der Waals surface area (Å²) in [5, 5.41) is 2.83. The molecule has 1 amide bonds. The van der Waals surface area contributed by atoms with E-state index in [4.69, 9.17) is 18.9 Å². The third-order valence-electron chi connectivity index (χ3n) is 5.37. The van der Waals surface area contributed by atoms with Gasteiger partial charge in [0.25, 0.3) is 0 Å². The summed E-state index contributed by atoms with van der Waals surface area (Å²) in [5.74, 6) is 1.93. The van der Waals surface area contributed by atoms with Gasteiger partial charge in [-0.3, -0.25) is 4.79 Å². The first-order valence-corrected chi connectivity index (χ1v) is 12.4. The molecule has 0 saturated carbocycles. The Bertz CT molecular complexity index is 1050. The number of nitrogens with one attached hydrogen (secondary N) is 1. The molecule has 1 saturated heterocycles. The molecule has 2 aromatic carbocycles. The average Bonchev–Trinajstić information content (AvgIpc) is 2.86. The minimum atomic E-state index is -3.52. The second-order valence-corrected chi connectivity index (χ2v) is 9.60. The number of benzene rings is 2. The summed E-state index contributed by atoms with van der Waals surface area (Å²) >= 11 is 0. The maximum Gasteiger partial charge on any atom is 0.243 e. The molecule has 1 fully saturated rings. The topological polar surface area (TPSA) is 103 Å². The fourth-order valence-electron chi connectivity index (χ4n) is 3.59. The van der Waals surface area contributed by atoms with Crippen LogP contribution in [0.25, 0.3) is 0 Å². The maximum atomic E-state index is 12.6. The van der Waals surface area contributed by atoms with Crippen LogP contribution in [0.2, 0.25) is 0 Å². The molecule has 2 aliphatic rings. The van der Waals surface area contributed by atoms with E-state index in [-0.39, 0.29) is 17.4 Å². The van der Waals surface area contributed by atoms with Crippen molar-refractivity contribution in [3.05, 3.63) is 48.0 Å². The van der Waals surface area contributed by atoms with E-state index in [1.54, 1.807) is 12.1 Å². The van der Waals surface area contributed by atoms with E-state index in [2.05, 4.69) is 5.32 Å². The summed E-state index contributed by atoms with van der Waals surface area (Å²) in [6.07, 6.45) is 0.955. The number of rotatable bonds is 9. The van der Waals surface area contributed by atoms with Crippen LogP contribution in [0.3, 0.4) is 0 Å². The Morgan fingerprint density at radius 1 is 0.970 bits per heavy atom. The summed E-state index contributed by atoms with van der Waals surface area (Å²) in [5.41, 5.74) is 1.01. The average molecular weight is 477 g/mol. The summed E-state index contributed by atoms with van der Waals surface area (Å²) in [6.45, 7) is 3.24. The highest BCUT2D eigenvalue weighted by molar-refractivity contribution is 7.89. The zero-order valence-corrected chi connectivity index (χ0v) is 19.1. The van der Waals surface area contributed by atoms with Gasteiger partial charge in [0.2, 0.25) is 15.9 Å². The minimum absolute atomic E-state index is 0.0690. The molecule has 0 radical (unpaired) electrons. The van der Waals surface area contributed by atoms with E-state index in [1.165, 1.54) is 16.4 Å². The van der Waals surface area contributed by atoms with E-state index in [9.17, 15) is 13.2 Å². The molecule has 0 spiro atoms. The highest BCUT2D eigenvalue weighted by atomic mass is 32.2. The van der Waals surface area contributed by atoms with Gasteiger partial charge in [0.1, 0.15) is 25.6 Å². The Morgan fingerprint density at radius 2 is 1.70 bits per heavy atom. The number of amides is 1. The smallest absolute Gasteiger partial charge is 0.243 e. The molecule has 2 heterocycles. The van der Waals surface area contributed by atoms with Gasteiger partial charge in [-0.1, -0.05) is 6.07 Å². The molecular weight excluding hydrogens is 448 g/mol. The predicted octanol–water partition coefficient (Wildman–Crippen LogP) is 1.61. The summed E-state index contributed by atoms with van der Waals surface area (Å²) < 4.78 is 48.6. The van der Waals surface area contributed by atoms with Crippen molar-refractivity contribution in [3.63, 3.8) is 0 Å². The number of aryl methyl sites for hydroxylation is 1. The van der Waals surface area contributed by atoms with Crippen molar-refractivity contribution in [1.82, 2.24) is 9.62 Å². The van der Waals surface area contributed by atoms with Gasteiger partial charge in [0.15, 0.2) is 11.5 Å². The number of hydrogen-bond donors (Lipinski definition) is 1. The molecule has 178 valence electrons. The van der Waals surface area contributed by atoms with Crippen LogP contribution in [0.1, 0.15) is 12.0 Å². The number of hydrogen-bond acceptors (Lipinski definition) is 7. The van der Waals surface area contributed by atoms with Gasteiger partial charge < -0.3 is 24.3 Å². The second-order valence-electron chi connectivity index (χ2n) is 7.66. The maximum absolute atomic E-state index is 12.6. The Balaban J connectivity index is 1.17. The molecule has 0 bridgehead atoms. The van der Waals surface area contributed by atoms with Gasteiger partial charge in [-0.15, -0.1) is 0 Å². The van der Waals surface area contributed by atoms with E-state index in [0.717, 1.165) is 17.1 Å². The lowest BCUT2D eigenvalue weighted by Gasteiger charge is -2.26. The third kappa shape index (κ3) is 6.16. The molecule has 0 aromatic heterocycles. The van der Waals surface area contributed by atoms with Crippen LogP contribution >= 0.6 is 0 Å². The van der Waals surface area contributed by atoms with Crippen molar-refractivity contribution < 1.29 is 32.2 Å². The van der Waals surface area contributed by atoms with Crippen LogP contribution in [-0.2, 0) is 26.0 Å². The zero-order chi connectivity index (χ0) is 23.1. The van der Waals surface area contributed by atoms with Crippen LogP contribution < -0.4 is 19.5 Å². The van der Waals surface area contributed by atoms with Gasteiger partial charge in [0, 0.05) is 19.5 Å². The number of morpholine rings is 1. The first kappa shape index (κ1) is 23.3. The number of ether oxygens (including phenoxy) is 4. The number of carbonyl (C=O) groups excluding carboxylic acids is 1. The Labute approximate surface area is 193 Å². The SMILES string of the molecule is O=C(CCc1ccc2c(c1)OCCO2)NCCOc1ccc(S(=O)(=O)N2CCOCC2)cc1. The van der Waals surface area contributed by atoms with E-state index in [0.29, 0.717) is 64.7 Å². The van der Waals surface area contributed by atoms with Crippen LogP contribution in [0.15, 0.2) is 47.4 Å². The fourth-order valence-corrected chi connectivity index (χ4v) is 5.00. The second kappa shape index (κ2) is 10.9. The number of nitrogens with zero attached hydrogens (tertiary/aromatic N) is 1. The third-order valence-corrected chi connectivity index (χ3v) is 7.28. The molecule has 2 aliphatic heterocycles. The Morgan fingerprint density at radius 3 is 2.45 bits per heavy atom. The quantitative estimate of drug-likeness (QED) is 0.549. The highest BCUT2D eigenvalue weighted by Gasteiger charge is 2.26. The molecule has 4 rings (SSSR count). The van der Waals surface area contributed by atoms with Crippen molar-refractivity contribution in [2.24, 2.45) is 0 Å². The van der Waals surface area contributed by atoms with Crippen LogP contribution in [0, 0.1) is 0 Å². The van der Waals surface area contributed by atoms with Crippen molar-refractivity contribution in [2.45, 2.75) is 17.7 Å². The van der Waals surface area contributed by atoms with Crippen molar-refractivity contribution in [1.29, 1.82) is 0 Å². The molecule has 0 unspecified atom stereocenters. The lowest BCUT2D eigenvalue weighted by Crippen LogP contribution is -2.40. The number of fused-ring (bicyclic) bond motifs is 1. The summed E-state index contributed by atoms with van der Waals surface area (Å²) in [7, 11) is -3.52.